The maximum Gasteiger partial charge on any atom is 0.272 e. The highest BCUT2D eigenvalue weighted by atomic mass is 16.5. The number of carbonyl (C=O) groups is 1. The standard InChI is InChI=1S/C14H21N5O2/c1-3-4-18-9-11(15)7-13(18)14(20)17-12-8-16-19(10-12)5-6-21-2/h7-10H,3-6,15H2,1-2H3,(H,17,20). The molecule has 0 bridgehead atoms. The van der Waals surface area contributed by atoms with E-state index in [0.29, 0.717) is 30.2 Å². The molecular weight excluding hydrogens is 270 g/mol. The molecule has 0 fully saturated rings. The van der Waals surface area contributed by atoms with Gasteiger partial charge in [0, 0.05) is 26.0 Å². The smallest absolute Gasteiger partial charge is 0.272 e. The number of hydrogen-bond acceptors (Lipinski definition) is 4. The zero-order chi connectivity index (χ0) is 15.2. The average Bonchev–Trinajstić information content (AvgIpc) is 3.04. The van der Waals surface area contributed by atoms with Crippen molar-refractivity contribution in [2.24, 2.45) is 0 Å². The second-order valence-electron chi connectivity index (χ2n) is 4.79. The Morgan fingerprint density at radius 2 is 2.24 bits per heavy atom. The summed E-state index contributed by atoms with van der Waals surface area (Å²) in [4.78, 5) is 12.3. The van der Waals surface area contributed by atoms with Crippen LogP contribution in [-0.4, -0.2) is 34.0 Å². The first-order valence-electron chi connectivity index (χ1n) is 6.92. The molecule has 0 saturated heterocycles. The lowest BCUT2D eigenvalue weighted by atomic mass is 10.3. The summed E-state index contributed by atoms with van der Waals surface area (Å²) in [6.07, 6.45) is 6.10. The van der Waals surface area contributed by atoms with Crippen molar-refractivity contribution in [3.05, 3.63) is 30.4 Å². The Morgan fingerprint density at radius 3 is 2.95 bits per heavy atom. The summed E-state index contributed by atoms with van der Waals surface area (Å²) in [7, 11) is 1.64. The fraction of sp³-hybridized carbons (Fsp3) is 0.429. The van der Waals surface area contributed by atoms with E-state index in [0.717, 1.165) is 13.0 Å². The lowest BCUT2D eigenvalue weighted by Crippen LogP contribution is -2.16. The normalized spacial score (nSPS) is 10.8. The number of nitrogen functional groups attached to an aromatic ring is 1. The van der Waals surface area contributed by atoms with E-state index in [1.165, 1.54) is 0 Å². The number of methoxy groups -OCH3 is 1. The van der Waals surface area contributed by atoms with E-state index < -0.39 is 0 Å². The lowest BCUT2D eigenvalue weighted by molar-refractivity contribution is 0.101. The summed E-state index contributed by atoms with van der Waals surface area (Å²) >= 11 is 0. The van der Waals surface area contributed by atoms with Gasteiger partial charge in [0.15, 0.2) is 0 Å². The fourth-order valence-corrected chi connectivity index (χ4v) is 2.08. The zero-order valence-corrected chi connectivity index (χ0v) is 12.4. The zero-order valence-electron chi connectivity index (χ0n) is 12.4. The lowest BCUT2D eigenvalue weighted by Gasteiger charge is -2.07. The highest BCUT2D eigenvalue weighted by Crippen LogP contribution is 2.14. The average molecular weight is 291 g/mol. The molecule has 2 rings (SSSR count). The molecule has 7 nitrogen and oxygen atoms in total. The van der Waals surface area contributed by atoms with Crippen molar-refractivity contribution in [1.82, 2.24) is 14.3 Å². The van der Waals surface area contributed by atoms with E-state index in [1.54, 1.807) is 36.4 Å². The van der Waals surface area contributed by atoms with Crippen molar-refractivity contribution in [1.29, 1.82) is 0 Å². The topological polar surface area (TPSA) is 87.1 Å². The number of nitrogens with two attached hydrogens (primary N) is 1. The van der Waals surface area contributed by atoms with Crippen LogP contribution >= 0.6 is 0 Å². The molecule has 2 aromatic heterocycles. The maximum absolute atomic E-state index is 12.3. The number of anilines is 2. The molecule has 114 valence electrons. The summed E-state index contributed by atoms with van der Waals surface area (Å²) in [5.41, 5.74) is 7.56. The van der Waals surface area contributed by atoms with Gasteiger partial charge in [0.05, 0.1) is 30.7 Å². The third-order valence-electron chi connectivity index (χ3n) is 3.03. The fourth-order valence-electron chi connectivity index (χ4n) is 2.08. The monoisotopic (exact) mass is 291 g/mol. The van der Waals surface area contributed by atoms with Gasteiger partial charge in [0.1, 0.15) is 5.69 Å². The van der Waals surface area contributed by atoms with Gasteiger partial charge in [-0.3, -0.25) is 9.48 Å². The molecule has 0 spiro atoms. The molecule has 0 aliphatic heterocycles. The molecule has 0 atom stereocenters. The highest BCUT2D eigenvalue weighted by molar-refractivity contribution is 6.03. The Morgan fingerprint density at radius 1 is 1.43 bits per heavy atom. The van der Waals surface area contributed by atoms with E-state index in [4.69, 9.17) is 10.5 Å². The number of ether oxygens (including phenoxy) is 1. The SMILES string of the molecule is CCCn1cc(N)cc1C(=O)Nc1cnn(CCOC)c1. The minimum Gasteiger partial charge on any atom is -0.397 e. The third kappa shape index (κ3) is 3.85. The molecule has 3 N–H and O–H groups in total. The van der Waals surface area contributed by atoms with Crippen molar-refractivity contribution in [3.63, 3.8) is 0 Å². The van der Waals surface area contributed by atoms with Crippen LogP contribution in [0.4, 0.5) is 11.4 Å². The number of amides is 1. The predicted octanol–water partition coefficient (Wildman–Crippen LogP) is 1.58. The largest absolute Gasteiger partial charge is 0.397 e. The summed E-state index contributed by atoms with van der Waals surface area (Å²) in [5, 5.41) is 6.98. The quantitative estimate of drug-likeness (QED) is 0.810. The predicted molar refractivity (Wildman–Crippen MR) is 81.2 cm³/mol. The van der Waals surface area contributed by atoms with Crippen LogP contribution in [0.2, 0.25) is 0 Å². The third-order valence-corrected chi connectivity index (χ3v) is 3.03. The number of rotatable bonds is 7. The number of hydrogen-bond donors (Lipinski definition) is 2. The van der Waals surface area contributed by atoms with Gasteiger partial charge in [-0.05, 0) is 12.5 Å². The number of carbonyl (C=O) groups excluding carboxylic acids is 1. The van der Waals surface area contributed by atoms with Crippen molar-refractivity contribution < 1.29 is 9.53 Å². The second kappa shape index (κ2) is 6.94. The van der Waals surface area contributed by atoms with E-state index >= 15 is 0 Å². The van der Waals surface area contributed by atoms with Crippen LogP contribution in [0, 0.1) is 0 Å². The van der Waals surface area contributed by atoms with Crippen LogP contribution in [0.25, 0.3) is 0 Å². The molecule has 0 unspecified atom stereocenters. The summed E-state index contributed by atoms with van der Waals surface area (Å²) < 4.78 is 8.57. The van der Waals surface area contributed by atoms with Crippen LogP contribution in [-0.2, 0) is 17.8 Å². The molecule has 2 heterocycles. The molecule has 0 aliphatic rings. The molecule has 0 saturated carbocycles. The number of nitrogens with zero attached hydrogens (tertiary/aromatic N) is 3. The first kappa shape index (κ1) is 15.1. The van der Waals surface area contributed by atoms with Gasteiger partial charge in [-0.15, -0.1) is 0 Å². The maximum atomic E-state index is 12.3. The Balaban J connectivity index is 2.05. The van der Waals surface area contributed by atoms with Crippen LogP contribution in [0.15, 0.2) is 24.7 Å². The molecule has 21 heavy (non-hydrogen) atoms. The van der Waals surface area contributed by atoms with Gasteiger partial charge in [-0.2, -0.15) is 5.10 Å². The minimum atomic E-state index is -0.188. The second-order valence-corrected chi connectivity index (χ2v) is 4.79. The Hall–Kier alpha value is -2.28. The van der Waals surface area contributed by atoms with Crippen molar-refractivity contribution in [2.75, 3.05) is 24.8 Å². The van der Waals surface area contributed by atoms with Gasteiger partial charge in [0.25, 0.3) is 5.91 Å². The van der Waals surface area contributed by atoms with Gasteiger partial charge in [-0.1, -0.05) is 6.92 Å². The van der Waals surface area contributed by atoms with E-state index in [2.05, 4.69) is 17.3 Å². The van der Waals surface area contributed by atoms with Gasteiger partial charge >= 0.3 is 0 Å². The molecule has 0 radical (unpaired) electrons. The first-order valence-corrected chi connectivity index (χ1v) is 6.92. The van der Waals surface area contributed by atoms with E-state index in [-0.39, 0.29) is 5.91 Å². The molecule has 2 aromatic rings. The van der Waals surface area contributed by atoms with Crippen LogP contribution < -0.4 is 11.1 Å². The minimum absolute atomic E-state index is 0.188. The van der Waals surface area contributed by atoms with Crippen molar-refractivity contribution in [3.8, 4) is 0 Å². The number of aromatic nitrogens is 3. The molecule has 7 heteroatoms. The number of nitrogens with one attached hydrogen (secondary N) is 1. The van der Waals surface area contributed by atoms with Crippen LogP contribution in [0.3, 0.4) is 0 Å². The Bertz CT molecular complexity index is 602. The van der Waals surface area contributed by atoms with Crippen molar-refractivity contribution in [2.45, 2.75) is 26.4 Å². The molecule has 0 aliphatic carbocycles. The van der Waals surface area contributed by atoms with Gasteiger partial charge < -0.3 is 20.4 Å². The van der Waals surface area contributed by atoms with Crippen LogP contribution in [0.1, 0.15) is 23.8 Å². The summed E-state index contributed by atoms with van der Waals surface area (Å²) in [6.45, 7) is 4.03. The molecule has 0 aromatic carbocycles. The molecule has 1 amide bonds. The number of aryl methyl sites for hydroxylation is 1. The summed E-state index contributed by atoms with van der Waals surface area (Å²) in [6, 6.07) is 1.68. The Labute approximate surface area is 123 Å². The first-order chi connectivity index (χ1) is 10.1. The van der Waals surface area contributed by atoms with E-state index in [9.17, 15) is 4.79 Å². The Kier molecular flexibility index (Phi) is 4.99. The van der Waals surface area contributed by atoms with Crippen LogP contribution in [0.5, 0.6) is 0 Å². The highest BCUT2D eigenvalue weighted by Gasteiger charge is 2.13. The van der Waals surface area contributed by atoms with Crippen molar-refractivity contribution >= 4 is 17.3 Å². The van der Waals surface area contributed by atoms with Gasteiger partial charge in [-0.25, -0.2) is 0 Å². The summed E-state index contributed by atoms with van der Waals surface area (Å²) in [5.74, 6) is -0.188. The van der Waals surface area contributed by atoms with E-state index in [1.807, 2.05) is 4.57 Å². The molecular formula is C14H21N5O2. The van der Waals surface area contributed by atoms with Gasteiger partial charge in [0.2, 0.25) is 0 Å².